The van der Waals surface area contributed by atoms with Crippen molar-refractivity contribution in [2.75, 3.05) is 6.54 Å². The van der Waals surface area contributed by atoms with Gasteiger partial charge in [-0.1, -0.05) is 64.8 Å². The maximum Gasteiger partial charge on any atom is 0.255 e. The van der Waals surface area contributed by atoms with E-state index in [9.17, 15) is 4.79 Å². The highest BCUT2D eigenvalue weighted by Crippen LogP contribution is 2.23. The zero-order chi connectivity index (χ0) is 22.5. The van der Waals surface area contributed by atoms with Crippen LogP contribution >= 0.6 is 0 Å². The number of hydrogen-bond acceptors (Lipinski definition) is 5. The SMILES string of the molecule is Cc1ccc(Cn2cc(C(=O)NCCCc3nc(C)no3)c(-c3ccc(C)cc3)n2)cc1. The molecule has 32 heavy (non-hydrogen) atoms. The van der Waals surface area contributed by atoms with Crippen LogP contribution < -0.4 is 5.32 Å². The van der Waals surface area contributed by atoms with Gasteiger partial charge >= 0.3 is 0 Å². The van der Waals surface area contributed by atoms with Crippen LogP contribution in [0.25, 0.3) is 11.3 Å². The summed E-state index contributed by atoms with van der Waals surface area (Å²) in [6.45, 7) is 7.00. The molecule has 0 fully saturated rings. The zero-order valence-electron chi connectivity index (χ0n) is 18.6. The molecule has 7 nitrogen and oxygen atoms in total. The van der Waals surface area contributed by atoms with Gasteiger partial charge in [0.05, 0.1) is 12.1 Å². The van der Waals surface area contributed by atoms with Crippen LogP contribution in [-0.4, -0.2) is 32.4 Å². The lowest BCUT2D eigenvalue weighted by Gasteiger charge is -2.05. The van der Waals surface area contributed by atoms with Crippen LogP contribution in [0.2, 0.25) is 0 Å². The Bertz CT molecular complexity index is 1190. The van der Waals surface area contributed by atoms with Crippen molar-refractivity contribution in [3.8, 4) is 11.3 Å². The molecule has 7 heteroatoms. The minimum absolute atomic E-state index is 0.141. The van der Waals surface area contributed by atoms with Crippen molar-refractivity contribution in [1.29, 1.82) is 0 Å². The monoisotopic (exact) mass is 429 g/mol. The molecule has 0 radical (unpaired) electrons. The molecule has 0 saturated heterocycles. The van der Waals surface area contributed by atoms with Crippen LogP contribution in [0.15, 0.2) is 59.3 Å². The number of rotatable bonds is 8. The predicted molar refractivity (Wildman–Crippen MR) is 122 cm³/mol. The summed E-state index contributed by atoms with van der Waals surface area (Å²) in [6.07, 6.45) is 3.16. The van der Waals surface area contributed by atoms with Gasteiger partial charge in [0.2, 0.25) is 5.89 Å². The fourth-order valence-corrected chi connectivity index (χ4v) is 3.45. The van der Waals surface area contributed by atoms with Crippen LogP contribution in [0.4, 0.5) is 0 Å². The molecule has 1 amide bonds. The molecule has 0 atom stereocenters. The van der Waals surface area contributed by atoms with E-state index in [2.05, 4.69) is 46.6 Å². The van der Waals surface area contributed by atoms with Crippen molar-refractivity contribution >= 4 is 5.91 Å². The Hall–Kier alpha value is -3.74. The van der Waals surface area contributed by atoms with Crippen LogP contribution in [0.1, 0.15) is 45.2 Å². The lowest BCUT2D eigenvalue weighted by atomic mass is 10.1. The number of aryl methyl sites for hydroxylation is 4. The lowest BCUT2D eigenvalue weighted by Crippen LogP contribution is -2.25. The number of aromatic nitrogens is 4. The topological polar surface area (TPSA) is 85.8 Å². The normalized spacial score (nSPS) is 11.0. The average molecular weight is 430 g/mol. The molecule has 0 aliphatic carbocycles. The van der Waals surface area contributed by atoms with Gasteiger partial charge in [0.15, 0.2) is 5.82 Å². The molecule has 0 aliphatic heterocycles. The summed E-state index contributed by atoms with van der Waals surface area (Å²) in [5.41, 5.74) is 5.68. The van der Waals surface area contributed by atoms with E-state index in [0.717, 1.165) is 16.7 Å². The van der Waals surface area contributed by atoms with Crippen molar-refractivity contribution in [2.24, 2.45) is 0 Å². The molecule has 2 aromatic heterocycles. The van der Waals surface area contributed by atoms with Gasteiger partial charge in [0.1, 0.15) is 5.69 Å². The van der Waals surface area contributed by atoms with E-state index < -0.39 is 0 Å². The fraction of sp³-hybridized carbons (Fsp3) is 0.280. The maximum atomic E-state index is 13.0. The summed E-state index contributed by atoms with van der Waals surface area (Å²) in [7, 11) is 0. The summed E-state index contributed by atoms with van der Waals surface area (Å²) in [6, 6.07) is 16.4. The van der Waals surface area contributed by atoms with Crippen LogP contribution in [0.3, 0.4) is 0 Å². The first-order valence-corrected chi connectivity index (χ1v) is 10.8. The number of carbonyl (C=O) groups is 1. The first-order valence-electron chi connectivity index (χ1n) is 10.8. The Morgan fingerprint density at radius 3 is 2.34 bits per heavy atom. The Morgan fingerprint density at radius 1 is 1.00 bits per heavy atom. The smallest absolute Gasteiger partial charge is 0.255 e. The molecule has 2 aromatic carbocycles. The van der Waals surface area contributed by atoms with E-state index in [0.29, 0.717) is 48.9 Å². The number of nitrogens with zero attached hydrogens (tertiary/aromatic N) is 4. The summed E-state index contributed by atoms with van der Waals surface area (Å²) < 4.78 is 6.95. The second kappa shape index (κ2) is 9.60. The third kappa shape index (κ3) is 5.29. The third-order valence-corrected chi connectivity index (χ3v) is 5.22. The Morgan fingerprint density at radius 2 is 1.69 bits per heavy atom. The molecule has 2 heterocycles. The lowest BCUT2D eigenvalue weighted by molar-refractivity contribution is 0.0953. The molecule has 0 bridgehead atoms. The minimum Gasteiger partial charge on any atom is -0.352 e. The van der Waals surface area contributed by atoms with Gasteiger partial charge in [-0.2, -0.15) is 10.1 Å². The number of carbonyl (C=O) groups excluding carboxylic acids is 1. The second-order valence-electron chi connectivity index (χ2n) is 8.04. The standard InChI is InChI=1S/C25H27N5O2/c1-17-6-10-20(11-7-17)15-30-16-22(24(28-30)21-12-8-18(2)9-13-21)25(31)26-14-4-5-23-27-19(3)29-32-23/h6-13,16H,4-5,14-15H2,1-3H3,(H,26,31). The molecule has 0 spiro atoms. The number of benzene rings is 2. The summed E-state index contributed by atoms with van der Waals surface area (Å²) in [5, 5.41) is 11.5. The van der Waals surface area contributed by atoms with Gasteiger partial charge in [-0.05, 0) is 32.8 Å². The van der Waals surface area contributed by atoms with E-state index in [4.69, 9.17) is 9.62 Å². The van der Waals surface area contributed by atoms with Gasteiger partial charge in [-0.25, -0.2) is 0 Å². The highest BCUT2D eigenvalue weighted by molar-refractivity contribution is 5.99. The number of amides is 1. The van der Waals surface area contributed by atoms with E-state index in [-0.39, 0.29) is 5.91 Å². The van der Waals surface area contributed by atoms with Gasteiger partial charge in [0, 0.05) is 24.7 Å². The highest BCUT2D eigenvalue weighted by atomic mass is 16.5. The van der Waals surface area contributed by atoms with Crippen molar-refractivity contribution in [2.45, 2.75) is 40.2 Å². The van der Waals surface area contributed by atoms with Gasteiger partial charge in [0.25, 0.3) is 5.91 Å². The fourth-order valence-electron chi connectivity index (χ4n) is 3.45. The van der Waals surface area contributed by atoms with E-state index in [1.54, 1.807) is 6.92 Å². The molecular weight excluding hydrogens is 402 g/mol. The van der Waals surface area contributed by atoms with Crippen molar-refractivity contribution in [3.05, 3.63) is 88.7 Å². The second-order valence-corrected chi connectivity index (χ2v) is 8.04. The minimum atomic E-state index is -0.141. The quantitative estimate of drug-likeness (QED) is 0.423. The summed E-state index contributed by atoms with van der Waals surface area (Å²) in [4.78, 5) is 17.2. The molecule has 0 aliphatic rings. The predicted octanol–water partition coefficient (Wildman–Crippen LogP) is 4.27. The largest absolute Gasteiger partial charge is 0.352 e. The Balaban J connectivity index is 1.50. The van der Waals surface area contributed by atoms with Crippen LogP contribution in [0, 0.1) is 20.8 Å². The molecule has 164 valence electrons. The number of hydrogen-bond donors (Lipinski definition) is 1. The van der Waals surface area contributed by atoms with Crippen LogP contribution in [-0.2, 0) is 13.0 Å². The Labute approximate surface area is 187 Å². The number of nitrogens with one attached hydrogen (secondary N) is 1. The van der Waals surface area contributed by atoms with E-state index >= 15 is 0 Å². The molecule has 4 rings (SSSR count). The van der Waals surface area contributed by atoms with Crippen molar-refractivity contribution in [3.63, 3.8) is 0 Å². The van der Waals surface area contributed by atoms with Gasteiger partial charge in [-0.15, -0.1) is 0 Å². The summed E-state index contributed by atoms with van der Waals surface area (Å²) in [5.74, 6) is 1.06. The van der Waals surface area contributed by atoms with Gasteiger partial charge in [-0.3, -0.25) is 9.48 Å². The van der Waals surface area contributed by atoms with E-state index in [1.807, 2.05) is 42.1 Å². The van der Waals surface area contributed by atoms with E-state index in [1.165, 1.54) is 5.56 Å². The molecule has 0 saturated carbocycles. The highest BCUT2D eigenvalue weighted by Gasteiger charge is 2.18. The van der Waals surface area contributed by atoms with Gasteiger partial charge < -0.3 is 9.84 Å². The molecular formula is C25H27N5O2. The van der Waals surface area contributed by atoms with Crippen LogP contribution in [0.5, 0.6) is 0 Å². The zero-order valence-corrected chi connectivity index (χ0v) is 18.6. The first-order chi connectivity index (χ1) is 15.5. The molecule has 1 N–H and O–H groups in total. The molecule has 4 aromatic rings. The molecule has 0 unspecified atom stereocenters. The summed E-state index contributed by atoms with van der Waals surface area (Å²) >= 11 is 0. The maximum absolute atomic E-state index is 13.0. The van der Waals surface area contributed by atoms with Crippen molar-refractivity contribution in [1.82, 2.24) is 25.2 Å². The third-order valence-electron chi connectivity index (χ3n) is 5.22. The Kier molecular flexibility index (Phi) is 6.44. The van der Waals surface area contributed by atoms with Crippen molar-refractivity contribution < 1.29 is 9.32 Å². The first kappa shape index (κ1) is 21.5. The average Bonchev–Trinajstić information content (AvgIpc) is 3.39.